The van der Waals surface area contributed by atoms with E-state index in [9.17, 15) is 4.79 Å². The zero-order valence-electron chi connectivity index (χ0n) is 8.34. The molecule has 1 amide bonds. The maximum absolute atomic E-state index is 11.3. The van der Waals surface area contributed by atoms with Crippen LogP contribution >= 0.6 is 23.2 Å². The average molecular weight is 245 g/mol. The SMILES string of the molecule is C/C=C/C(=O)Nc1c(C)cc(Cl)nc1Cl. The Balaban J connectivity index is 3.00. The van der Waals surface area contributed by atoms with Crippen LogP contribution in [-0.4, -0.2) is 10.9 Å². The Morgan fingerprint density at radius 3 is 2.73 bits per heavy atom. The van der Waals surface area contributed by atoms with Gasteiger partial charge < -0.3 is 5.32 Å². The van der Waals surface area contributed by atoms with Crippen LogP contribution in [0.4, 0.5) is 5.69 Å². The molecule has 80 valence electrons. The van der Waals surface area contributed by atoms with Crippen LogP contribution in [0.15, 0.2) is 18.2 Å². The largest absolute Gasteiger partial charge is 0.320 e. The van der Waals surface area contributed by atoms with Gasteiger partial charge in [0.2, 0.25) is 5.91 Å². The van der Waals surface area contributed by atoms with Crippen LogP contribution in [0.2, 0.25) is 10.3 Å². The van der Waals surface area contributed by atoms with E-state index in [2.05, 4.69) is 10.3 Å². The summed E-state index contributed by atoms with van der Waals surface area (Å²) in [5, 5.41) is 3.13. The quantitative estimate of drug-likeness (QED) is 0.642. The minimum absolute atomic E-state index is 0.192. The van der Waals surface area contributed by atoms with Gasteiger partial charge in [0, 0.05) is 0 Å². The molecule has 1 N–H and O–H groups in total. The van der Waals surface area contributed by atoms with Gasteiger partial charge in [-0.05, 0) is 31.6 Å². The zero-order chi connectivity index (χ0) is 11.4. The molecule has 1 rings (SSSR count). The first-order valence-electron chi connectivity index (χ1n) is 4.31. The highest BCUT2D eigenvalue weighted by atomic mass is 35.5. The maximum atomic E-state index is 11.3. The molecule has 1 heterocycles. The van der Waals surface area contributed by atoms with E-state index in [0.29, 0.717) is 10.8 Å². The average Bonchev–Trinajstić information content (AvgIpc) is 2.11. The van der Waals surface area contributed by atoms with Crippen LogP contribution in [0.5, 0.6) is 0 Å². The van der Waals surface area contributed by atoms with Crippen LogP contribution in [0, 0.1) is 6.92 Å². The summed E-state index contributed by atoms with van der Waals surface area (Å²) in [6.45, 7) is 3.55. The minimum Gasteiger partial charge on any atom is -0.320 e. The second kappa shape index (κ2) is 5.14. The number of pyridine rings is 1. The third kappa shape index (κ3) is 3.22. The standard InChI is InChI=1S/C10H10Cl2N2O/c1-3-4-8(15)14-9-6(2)5-7(11)13-10(9)12/h3-5H,1-2H3,(H,14,15)/b4-3+. The fourth-order valence-electron chi connectivity index (χ4n) is 1.06. The smallest absolute Gasteiger partial charge is 0.248 e. The van der Waals surface area contributed by atoms with E-state index in [1.54, 1.807) is 26.0 Å². The summed E-state index contributed by atoms with van der Waals surface area (Å²) < 4.78 is 0. The molecule has 5 heteroatoms. The second-order valence-electron chi connectivity index (χ2n) is 2.92. The van der Waals surface area contributed by atoms with Crippen molar-refractivity contribution in [1.82, 2.24) is 4.98 Å². The van der Waals surface area contributed by atoms with Gasteiger partial charge in [-0.15, -0.1) is 0 Å². The highest BCUT2D eigenvalue weighted by Crippen LogP contribution is 2.26. The van der Waals surface area contributed by atoms with Gasteiger partial charge in [0.25, 0.3) is 0 Å². The topological polar surface area (TPSA) is 42.0 Å². The van der Waals surface area contributed by atoms with Gasteiger partial charge in [0.15, 0.2) is 5.15 Å². The Hall–Kier alpha value is -1.06. The molecule has 0 saturated heterocycles. The molecule has 0 atom stereocenters. The van der Waals surface area contributed by atoms with Crippen molar-refractivity contribution >= 4 is 34.8 Å². The minimum atomic E-state index is -0.244. The van der Waals surface area contributed by atoms with Crippen LogP contribution in [-0.2, 0) is 4.79 Å². The molecule has 3 nitrogen and oxygen atoms in total. The summed E-state index contributed by atoms with van der Waals surface area (Å²) in [6, 6.07) is 1.64. The number of aryl methyl sites for hydroxylation is 1. The summed E-state index contributed by atoms with van der Waals surface area (Å²) in [5.74, 6) is -0.244. The number of hydrogen-bond acceptors (Lipinski definition) is 2. The first-order valence-corrected chi connectivity index (χ1v) is 5.06. The number of halogens is 2. The molecule has 15 heavy (non-hydrogen) atoms. The Morgan fingerprint density at radius 2 is 2.20 bits per heavy atom. The van der Waals surface area contributed by atoms with E-state index < -0.39 is 0 Å². The zero-order valence-corrected chi connectivity index (χ0v) is 9.86. The number of hydrogen-bond donors (Lipinski definition) is 1. The van der Waals surface area contributed by atoms with Crippen LogP contribution < -0.4 is 5.32 Å². The molecular formula is C10H10Cl2N2O. The van der Waals surface area contributed by atoms with Crippen molar-refractivity contribution < 1.29 is 4.79 Å². The maximum Gasteiger partial charge on any atom is 0.248 e. The van der Waals surface area contributed by atoms with Crippen molar-refractivity contribution in [3.8, 4) is 0 Å². The van der Waals surface area contributed by atoms with Crippen molar-refractivity contribution in [1.29, 1.82) is 0 Å². The van der Waals surface area contributed by atoms with Crippen molar-refractivity contribution in [2.45, 2.75) is 13.8 Å². The van der Waals surface area contributed by atoms with Gasteiger partial charge in [-0.2, -0.15) is 0 Å². The number of nitrogens with zero attached hydrogens (tertiary/aromatic N) is 1. The number of rotatable bonds is 2. The Morgan fingerprint density at radius 1 is 1.53 bits per heavy atom. The first-order chi connectivity index (χ1) is 7.04. The molecule has 0 bridgehead atoms. The summed E-state index contributed by atoms with van der Waals surface area (Å²) in [6.07, 6.45) is 3.05. The number of nitrogens with one attached hydrogen (secondary N) is 1. The van der Waals surface area contributed by atoms with Crippen LogP contribution in [0.1, 0.15) is 12.5 Å². The predicted octanol–water partition coefficient (Wildman–Crippen LogP) is 3.21. The van der Waals surface area contributed by atoms with E-state index in [4.69, 9.17) is 23.2 Å². The predicted molar refractivity (Wildman–Crippen MR) is 62.4 cm³/mol. The van der Waals surface area contributed by atoms with Gasteiger partial charge in [-0.25, -0.2) is 4.98 Å². The number of aromatic nitrogens is 1. The van der Waals surface area contributed by atoms with Crippen LogP contribution in [0.3, 0.4) is 0 Å². The van der Waals surface area contributed by atoms with Crippen molar-refractivity contribution in [3.63, 3.8) is 0 Å². The Bertz CT molecular complexity index is 393. The molecule has 0 aromatic carbocycles. The second-order valence-corrected chi connectivity index (χ2v) is 3.66. The monoisotopic (exact) mass is 244 g/mol. The Kier molecular flexibility index (Phi) is 4.12. The first kappa shape index (κ1) is 12.0. The molecule has 0 aliphatic heterocycles. The fraction of sp³-hybridized carbons (Fsp3) is 0.200. The molecule has 0 radical (unpaired) electrons. The van der Waals surface area contributed by atoms with Crippen LogP contribution in [0.25, 0.3) is 0 Å². The number of carbonyl (C=O) groups is 1. The molecule has 0 unspecified atom stereocenters. The van der Waals surface area contributed by atoms with Gasteiger partial charge >= 0.3 is 0 Å². The normalized spacial score (nSPS) is 10.7. The van der Waals surface area contributed by atoms with Crippen molar-refractivity contribution in [3.05, 3.63) is 34.1 Å². The van der Waals surface area contributed by atoms with Gasteiger partial charge in [-0.3, -0.25) is 4.79 Å². The lowest BCUT2D eigenvalue weighted by molar-refractivity contribution is -0.111. The molecule has 0 aliphatic rings. The van der Waals surface area contributed by atoms with E-state index >= 15 is 0 Å². The fourth-order valence-corrected chi connectivity index (χ4v) is 1.64. The third-order valence-corrected chi connectivity index (χ3v) is 2.17. The van der Waals surface area contributed by atoms with Gasteiger partial charge in [-0.1, -0.05) is 29.3 Å². The van der Waals surface area contributed by atoms with Crippen molar-refractivity contribution in [2.24, 2.45) is 0 Å². The number of anilines is 1. The lowest BCUT2D eigenvalue weighted by Gasteiger charge is -2.08. The van der Waals surface area contributed by atoms with E-state index in [-0.39, 0.29) is 11.1 Å². The van der Waals surface area contributed by atoms with E-state index in [1.165, 1.54) is 6.08 Å². The van der Waals surface area contributed by atoms with E-state index in [0.717, 1.165) is 5.56 Å². The Labute approximate surface area is 98.1 Å². The number of carbonyl (C=O) groups excluding carboxylic acids is 1. The van der Waals surface area contributed by atoms with E-state index in [1.807, 2.05) is 0 Å². The summed E-state index contributed by atoms with van der Waals surface area (Å²) in [4.78, 5) is 15.1. The molecule has 0 fully saturated rings. The molecular weight excluding hydrogens is 235 g/mol. The molecule has 1 aromatic rings. The highest BCUT2D eigenvalue weighted by molar-refractivity contribution is 6.34. The number of allylic oxidation sites excluding steroid dienone is 1. The molecule has 1 aromatic heterocycles. The molecule has 0 saturated carbocycles. The van der Waals surface area contributed by atoms with Crippen molar-refractivity contribution in [2.75, 3.05) is 5.32 Å². The lowest BCUT2D eigenvalue weighted by atomic mass is 10.2. The summed E-state index contributed by atoms with van der Waals surface area (Å²) in [5.41, 5.74) is 1.27. The summed E-state index contributed by atoms with van der Waals surface area (Å²) in [7, 11) is 0. The molecule has 0 spiro atoms. The van der Waals surface area contributed by atoms with Gasteiger partial charge in [0.05, 0.1) is 5.69 Å². The summed E-state index contributed by atoms with van der Waals surface area (Å²) >= 11 is 11.5. The van der Waals surface area contributed by atoms with Gasteiger partial charge in [0.1, 0.15) is 5.15 Å². The number of amides is 1. The highest BCUT2D eigenvalue weighted by Gasteiger charge is 2.09. The molecule has 0 aliphatic carbocycles. The lowest BCUT2D eigenvalue weighted by Crippen LogP contribution is -2.10. The third-order valence-electron chi connectivity index (χ3n) is 1.71.